The summed E-state index contributed by atoms with van der Waals surface area (Å²) in [4.78, 5) is 35.5. The molecule has 1 aliphatic carbocycles. The predicted octanol–water partition coefficient (Wildman–Crippen LogP) is 1.90. The lowest BCUT2D eigenvalue weighted by molar-refractivity contribution is -0.123. The van der Waals surface area contributed by atoms with E-state index in [2.05, 4.69) is 20.6 Å². The molecular formula is C19H20N6O2S2. The molecule has 4 heterocycles. The molecule has 150 valence electrons. The zero-order valence-electron chi connectivity index (χ0n) is 15.6. The first-order chi connectivity index (χ1) is 14.1. The van der Waals surface area contributed by atoms with Crippen molar-refractivity contribution in [2.24, 2.45) is 5.92 Å². The Morgan fingerprint density at radius 2 is 1.59 bits per heavy atom. The first-order valence-corrected chi connectivity index (χ1v) is 11.3. The molecule has 10 heteroatoms. The molecule has 1 atom stereocenters. The third kappa shape index (κ3) is 4.18. The van der Waals surface area contributed by atoms with E-state index < -0.39 is 0 Å². The number of imidazole rings is 2. The van der Waals surface area contributed by atoms with Crippen LogP contribution in [0.2, 0.25) is 0 Å². The predicted molar refractivity (Wildman–Crippen MR) is 111 cm³/mol. The molecule has 4 aromatic rings. The van der Waals surface area contributed by atoms with E-state index in [0.717, 1.165) is 34.2 Å². The van der Waals surface area contributed by atoms with Gasteiger partial charge >= 0.3 is 0 Å². The number of hydrogen-bond acceptors (Lipinski definition) is 6. The highest BCUT2D eigenvalue weighted by Crippen LogP contribution is 2.32. The maximum atomic E-state index is 12.5. The van der Waals surface area contributed by atoms with Crippen LogP contribution in [0.1, 0.15) is 24.2 Å². The number of aromatic nitrogens is 4. The normalized spacial score (nSPS) is 15.0. The number of carbonyl (C=O) groups excluding carboxylic acids is 2. The zero-order valence-corrected chi connectivity index (χ0v) is 17.2. The van der Waals surface area contributed by atoms with Gasteiger partial charge in [0.2, 0.25) is 11.8 Å². The second-order valence-corrected chi connectivity index (χ2v) is 9.07. The SMILES string of the molecule is O=C(Cc1cn2ccsc2n1)NCC(NC(=O)Cc1cn2ccsc2n1)C1CC1. The number of amides is 2. The highest BCUT2D eigenvalue weighted by Gasteiger charge is 2.32. The maximum Gasteiger partial charge on any atom is 0.226 e. The molecule has 5 rings (SSSR count). The molecule has 8 nitrogen and oxygen atoms in total. The number of nitrogens with zero attached hydrogens (tertiary/aromatic N) is 4. The van der Waals surface area contributed by atoms with E-state index in [-0.39, 0.29) is 30.7 Å². The summed E-state index contributed by atoms with van der Waals surface area (Å²) in [7, 11) is 0. The Morgan fingerprint density at radius 3 is 2.14 bits per heavy atom. The van der Waals surface area contributed by atoms with Gasteiger partial charge in [-0.3, -0.25) is 18.4 Å². The van der Waals surface area contributed by atoms with E-state index in [9.17, 15) is 9.59 Å². The third-order valence-corrected chi connectivity index (χ3v) is 6.57. The van der Waals surface area contributed by atoms with Crippen molar-refractivity contribution in [3.8, 4) is 0 Å². The van der Waals surface area contributed by atoms with Crippen molar-refractivity contribution in [1.82, 2.24) is 29.4 Å². The van der Waals surface area contributed by atoms with Crippen LogP contribution in [0.15, 0.2) is 35.5 Å². The van der Waals surface area contributed by atoms with Gasteiger partial charge in [-0.25, -0.2) is 9.97 Å². The minimum Gasteiger partial charge on any atom is -0.354 e. The molecule has 1 unspecified atom stereocenters. The van der Waals surface area contributed by atoms with Gasteiger partial charge in [0.15, 0.2) is 9.92 Å². The molecule has 0 aromatic carbocycles. The van der Waals surface area contributed by atoms with Gasteiger partial charge in [0.25, 0.3) is 0 Å². The Morgan fingerprint density at radius 1 is 1.00 bits per heavy atom. The standard InChI is InChI=1S/C19H20N6O2S2/c26-16(7-13-10-24-3-5-28-18(24)21-13)20-9-15(12-1-2-12)23-17(27)8-14-11-25-4-6-29-19(25)22-14/h3-6,10-12,15H,1-2,7-9H2,(H,20,26)(H,23,27). The second kappa shape index (κ2) is 7.60. The van der Waals surface area contributed by atoms with Gasteiger partial charge in [0, 0.05) is 48.1 Å². The van der Waals surface area contributed by atoms with E-state index >= 15 is 0 Å². The van der Waals surface area contributed by atoms with Crippen LogP contribution in [-0.2, 0) is 22.4 Å². The van der Waals surface area contributed by atoms with Crippen molar-refractivity contribution in [1.29, 1.82) is 0 Å². The Labute approximate surface area is 174 Å². The molecule has 0 saturated heterocycles. The maximum absolute atomic E-state index is 12.5. The molecule has 2 amide bonds. The summed E-state index contributed by atoms with van der Waals surface area (Å²) in [6.45, 7) is 0.440. The summed E-state index contributed by atoms with van der Waals surface area (Å²) < 4.78 is 3.84. The Kier molecular flexibility index (Phi) is 4.80. The van der Waals surface area contributed by atoms with Crippen molar-refractivity contribution in [3.63, 3.8) is 0 Å². The van der Waals surface area contributed by atoms with Crippen molar-refractivity contribution in [3.05, 3.63) is 46.9 Å². The van der Waals surface area contributed by atoms with Crippen LogP contribution in [-0.4, -0.2) is 43.2 Å². The molecule has 1 fully saturated rings. The lowest BCUT2D eigenvalue weighted by Gasteiger charge is -2.18. The summed E-state index contributed by atoms with van der Waals surface area (Å²) in [6, 6.07) is -0.0410. The van der Waals surface area contributed by atoms with Crippen LogP contribution in [0.3, 0.4) is 0 Å². The monoisotopic (exact) mass is 428 g/mol. The average Bonchev–Trinajstić information content (AvgIpc) is 2.96. The van der Waals surface area contributed by atoms with Gasteiger partial charge in [-0.2, -0.15) is 0 Å². The fourth-order valence-electron chi connectivity index (χ4n) is 3.43. The van der Waals surface area contributed by atoms with Crippen LogP contribution in [0.5, 0.6) is 0 Å². The van der Waals surface area contributed by atoms with Crippen LogP contribution < -0.4 is 10.6 Å². The molecule has 1 saturated carbocycles. The van der Waals surface area contributed by atoms with Crippen LogP contribution >= 0.6 is 22.7 Å². The van der Waals surface area contributed by atoms with Gasteiger partial charge in [0.05, 0.1) is 24.2 Å². The Bertz CT molecular complexity index is 1110. The van der Waals surface area contributed by atoms with E-state index in [0.29, 0.717) is 12.5 Å². The Hall–Kier alpha value is -2.72. The Balaban J connectivity index is 1.13. The third-order valence-electron chi connectivity index (χ3n) is 5.03. The summed E-state index contributed by atoms with van der Waals surface area (Å²) >= 11 is 3.09. The number of fused-ring (bicyclic) bond motifs is 2. The highest BCUT2D eigenvalue weighted by atomic mass is 32.1. The topological polar surface area (TPSA) is 92.8 Å². The zero-order chi connectivity index (χ0) is 19.8. The van der Waals surface area contributed by atoms with Crippen molar-refractivity contribution in [2.45, 2.75) is 31.7 Å². The van der Waals surface area contributed by atoms with E-state index in [1.54, 1.807) is 22.7 Å². The molecule has 1 aliphatic rings. The van der Waals surface area contributed by atoms with Gasteiger partial charge in [0.1, 0.15) is 0 Å². The molecule has 0 aliphatic heterocycles. The van der Waals surface area contributed by atoms with Crippen molar-refractivity contribution >= 4 is 44.4 Å². The van der Waals surface area contributed by atoms with Crippen molar-refractivity contribution < 1.29 is 9.59 Å². The minimum absolute atomic E-state index is 0.0410. The summed E-state index contributed by atoms with van der Waals surface area (Å²) in [5.41, 5.74) is 1.51. The highest BCUT2D eigenvalue weighted by molar-refractivity contribution is 7.15. The lowest BCUT2D eigenvalue weighted by atomic mass is 10.1. The van der Waals surface area contributed by atoms with Crippen LogP contribution in [0.25, 0.3) is 9.92 Å². The summed E-state index contributed by atoms with van der Waals surface area (Å²) in [6.07, 6.45) is 10.3. The summed E-state index contributed by atoms with van der Waals surface area (Å²) in [5.74, 6) is 0.295. The molecule has 0 bridgehead atoms. The minimum atomic E-state index is -0.0787. The fraction of sp³-hybridized carbons (Fsp3) is 0.368. The summed E-state index contributed by atoms with van der Waals surface area (Å²) in [5, 5.41) is 9.96. The van der Waals surface area contributed by atoms with E-state index in [4.69, 9.17) is 0 Å². The molecule has 4 aromatic heterocycles. The first-order valence-electron chi connectivity index (χ1n) is 9.52. The molecule has 2 N–H and O–H groups in total. The smallest absolute Gasteiger partial charge is 0.226 e. The molecule has 0 spiro atoms. The number of nitrogens with one attached hydrogen (secondary N) is 2. The second-order valence-electron chi connectivity index (χ2n) is 7.32. The van der Waals surface area contributed by atoms with Crippen LogP contribution in [0.4, 0.5) is 0 Å². The first kappa shape index (κ1) is 18.3. The van der Waals surface area contributed by atoms with Gasteiger partial charge < -0.3 is 10.6 Å². The van der Waals surface area contributed by atoms with Gasteiger partial charge in [-0.1, -0.05) is 0 Å². The van der Waals surface area contributed by atoms with Gasteiger partial charge in [-0.05, 0) is 18.8 Å². The quantitative estimate of drug-likeness (QED) is 0.448. The molecule has 29 heavy (non-hydrogen) atoms. The van der Waals surface area contributed by atoms with Gasteiger partial charge in [-0.15, -0.1) is 22.7 Å². The number of rotatable bonds is 8. The van der Waals surface area contributed by atoms with Crippen LogP contribution in [0, 0.1) is 5.92 Å². The van der Waals surface area contributed by atoms with E-state index in [1.807, 2.05) is 44.3 Å². The molecule has 0 radical (unpaired) electrons. The van der Waals surface area contributed by atoms with E-state index in [1.165, 1.54) is 0 Å². The molecular weight excluding hydrogens is 408 g/mol. The fourth-order valence-corrected chi connectivity index (χ4v) is 4.87. The number of hydrogen-bond donors (Lipinski definition) is 2. The van der Waals surface area contributed by atoms with Crippen molar-refractivity contribution in [2.75, 3.05) is 6.54 Å². The number of thiazole rings is 2. The largest absolute Gasteiger partial charge is 0.354 e. The average molecular weight is 429 g/mol. The lowest BCUT2D eigenvalue weighted by Crippen LogP contribution is -2.45. The number of carbonyl (C=O) groups is 2.